The van der Waals surface area contributed by atoms with Gasteiger partial charge in [-0.1, -0.05) is 19.9 Å². The van der Waals surface area contributed by atoms with Gasteiger partial charge in [-0.05, 0) is 12.1 Å². The van der Waals surface area contributed by atoms with Gasteiger partial charge in [-0.3, -0.25) is 9.59 Å². The number of amides is 2. The van der Waals surface area contributed by atoms with Crippen LogP contribution >= 0.6 is 0 Å². The van der Waals surface area contributed by atoms with Gasteiger partial charge in [-0.25, -0.2) is 8.78 Å². The topological polar surface area (TPSA) is 40.6 Å². The molecule has 0 N–H and O–H groups in total. The monoisotopic (exact) mass is 296 g/mol. The van der Waals surface area contributed by atoms with Crippen molar-refractivity contribution >= 4 is 11.8 Å². The Hall–Kier alpha value is -1.98. The summed E-state index contributed by atoms with van der Waals surface area (Å²) in [6.45, 7) is 5.13. The fourth-order valence-corrected chi connectivity index (χ4v) is 2.33. The van der Waals surface area contributed by atoms with Gasteiger partial charge in [0.05, 0.1) is 5.56 Å². The number of hydrogen-bond acceptors (Lipinski definition) is 2. The lowest BCUT2D eigenvalue weighted by Gasteiger charge is -2.35. The molecule has 0 aromatic heterocycles. The highest BCUT2D eigenvalue weighted by Gasteiger charge is 2.27. The van der Waals surface area contributed by atoms with E-state index in [9.17, 15) is 18.4 Å². The molecule has 4 nitrogen and oxygen atoms in total. The highest BCUT2D eigenvalue weighted by molar-refractivity contribution is 5.94. The van der Waals surface area contributed by atoms with Crippen molar-refractivity contribution < 1.29 is 18.4 Å². The fraction of sp³-hybridized carbons (Fsp3) is 0.467. The molecule has 6 heteroatoms. The quantitative estimate of drug-likeness (QED) is 0.836. The molecule has 21 heavy (non-hydrogen) atoms. The number of piperazine rings is 1. The van der Waals surface area contributed by atoms with Crippen molar-refractivity contribution in [2.24, 2.45) is 5.92 Å². The van der Waals surface area contributed by atoms with Crippen molar-refractivity contribution in [3.05, 3.63) is 35.4 Å². The molecule has 1 heterocycles. The van der Waals surface area contributed by atoms with Gasteiger partial charge in [-0.15, -0.1) is 0 Å². The Labute approximate surface area is 122 Å². The zero-order valence-corrected chi connectivity index (χ0v) is 12.1. The summed E-state index contributed by atoms with van der Waals surface area (Å²) in [5.74, 6) is -2.74. The molecule has 114 valence electrons. The average molecular weight is 296 g/mol. The SMILES string of the molecule is CC(C)C(=O)N1CCN(C(=O)c2cccc(F)c2F)CC1. The Morgan fingerprint density at radius 2 is 1.62 bits per heavy atom. The summed E-state index contributed by atoms with van der Waals surface area (Å²) in [5.41, 5.74) is -0.265. The van der Waals surface area contributed by atoms with Crippen molar-refractivity contribution in [1.29, 1.82) is 0 Å². The van der Waals surface area contributed by atoms with E-state index in [4.69, 9.17) is 0 Å². The smallest absolute Gasteiger partial charge is 0.257 e. The van der Waals surface area contributed by atoms with Crippen molar-refractivity contribution in [3.8, 4) is 0 Å². The Balaban J connectivity index is 2.04. The number of carbonyl (C=O) groups is 2. The van der Waals surface area contributed by atoms with Crippen LogP contribution in [0.3, 0.4) is 0 Å². The van der Waals surface area contributed by atoms with Crippen molar-refractivity contribution in [2.45, 2.75) is 13.8 Å². The summed E-state index contributed by atoms with van der Waals surface area (Å²) in [7, 11) is 0. The third kappa shape index (κ3) is 3.20. The zero-order valence-electron chi connectivity index (χ0n) is 12.1. The second kappa shape index (κ2) is 6.20. The normalized spacial score (nSPS) is 15.5. The first-order chi connectivity index (χ1) is 9.91. The molecule has 2 amide bonds. The molecule has 0 unspecified atom stereocenters. The van der Waals surface area contributed by atoms with E-state index >= 15 is 0 Å². The van der Waals surface area contributed by atoms with Crippen LogP contribution in [-0.2, 0) is 4.79 Å². The van der Waals surface area contributed by atoms with Crippen molar-refractivity contribution in [3.63, 3.8) is 0 Å². The van der Waals surface area contributed by atoms with Crippen LogP contribution in [0, 0.1) is 17.6 Å². The van der Waals surface area contributed by atoms with E-state index in [1.165, 1.54) is 17.0 Å². The van der Waals surface area contributed by atoms with Gasteiger partial charge in [0.2, 0.25) is 5.91 Å². The minimum Gasteiger partial charge on any atom is -0.339 e. The second-order valence-corrected chi connectivity index (χ2v) is 5.37. The Kier molecular flexibility index (Phi) is 4.55. The number of halogens is 2. The number of nitrogens with zero attached hydrogens (tertiary/aromatic N) is 2. The molecular weight excluding hydrogens is 278 g/mol. The van der Waals surface area contributed by atoms with Gasteiger partial charge >= 0.3 is 0 Å². The summed E-state index contributed by atoms with van der Waals surface area (Å²) in [5, 5.41) is 0. The molecule has 0 aliphatic carbocycles. The van der Waals surface area contributed by atoms with Crippen LogP contribution in [0.25, 0.3) is 0 Å². The predicted octanol–water partition coefficient (Wildman–Crippen LogP) is 1.91. The fourth-order valence-electron chi connectivity index (χ4n) is 2.33. The third-order valence-corrected chi connectivity index (χ3v) is 3.55. The summed E-state index contributed by atoms with van der Waals surface area (Å²) in [6.07, 6.45) is 0. The van der Waals surface area contributed by atoms with Crippen LogP contribution in [0.1, 0.15) is 24.2 Å². The molecule has 1 fully saturated rings. The second-order valence-electron chi connectivity index (χ2n) is 5.37. The van der Waals surface area contributed by atoms with Crippen LogP contribution in [0.15, 0.2) is 18.2 Å². The molecule has 0 bridgehead atoms. The highest BCUT2D eigenvalue weighted by atomic mass is 19.2. The Morgan fingerprint density at radius 3 is 2.19 bits per heavy atom. The van der Waals surface area contributed by atoms with Gasteiger partial charge in [0.15, 0.2) is 11.6 Å². The van der Waals surface area contributed by atoms with Gasteiger partial charge in [0.1, 0.15) is 0 Å². The lowest BCUT2D eigenvalue weighted by molar-refractivity contribution is -0.135. The molecular formula is C15H18F2N2O2. The van der Waals surface area contributed by atoms with Gasteiger partial charge in [0.25, 0.3) is 5.91 Å². The van der Waals surface area contributed by atoms with E-state index in [1.807, 2.05) is 13.8 Å². The summed E-state index contributed by atoms with van der Waals surface area (Å²) in [4.78, 5) is 27.2. The number of hydrogen-bond donors (Lipinski definition) is 0. The van der Waals surface area contributed by atoms with E-state index < -0.39 is 17.5 Å². The van der Waals surface area contributed by atoms with E-state index in [-0.39, 0.29) is 17.4 Å². The largest absolute Gasteiger partial charge is 0.339 e. The minimum absolute atomic E-state index is 0.0408. The lowest BCUT2D eigenvalue weighted by Crippen LogP contribution is -2.51. The maximum Gasteiger partial charge on any atom is 0.257 e. The van der Waals surface area contributed by atoms with E-state index in [0.717, 1.165) is 6.07 Å². The molecule has 1 aliphatic heterocycles. The molecule has 1 aliphatic rings. The number of benzene rings is 1. The molecule has 2 rings (SSSR count). The van der Waals surface area contributed by atoms with E-state index in [2.05, 4.69) is 0 Å². The van der Waals surface area contributed by atoms with Crippen LogP contribution in [-0.4, -0.2) is 47.8 Å². The lowest BCUT2D eigenvalue weighted by atomic mass is 10.1. The Morgan fingerprint density at radius 1 is 1.05 bits per heavy atom. The first kappa shape index (κ1) is 15.4. The summed E-state index contributed by atoms with van der Waals surface area (Å²) in [6, 6.07) is 3.56. The predicted molar refractivity (Wildman–Crippen MR) is 73.7 cm³/mol. The molecule has 1 saturated heterocycles. The van der Waals surface area contributed by atoms with Gasteiger partial charge in [-0.2, -0.15) is 0 Å². The van der Waals surface area contributed by atoms with Crippen LogP contribution in [0.5, 0.6) is 0 Å². The third-order valence-electron chi connectivity index (χ3n) is 3.55. The molecule has 1 aromatic carbocycles. The molecule has 0 radical (unpaired) electrons. The van der Waals surface area contributed by atoms with E-state index in [0.29, 0.717) is 26.2 Å². The molecule has 0 spiro atoms. The standard InChI is InChI=1S/C15H18F2N2O2/c1-10(2)14(20)18-6-8-19(9-7-18)15(21)11-4-3-5-12(16)13(11)17/h3-5,10H,6-9H2,1-2H3. The van der Waals surface area contributed by atoms with E-state index in [1.54, 1.807) is 4.90 Å². The van der Waals surface area contributed by atoms with Crippen molar-refractivity contribution in [1.82, 2.24) is 9.80 Å². The van der Waals surface area contributed by atoms with Gasteiger partial charge in [0, 0.05) is 32.1 Å². The van der Waals surface area contributed by atoms with Gasteiger partial charge < -0.3 is 9.80 Å². The summed E-state index contributed by atoms with van der Waals surface area (Å²) < 4.78 is 26.8. The maximum atomic E-state index is 13.6. The first-order valence-electron chi connectivity index (χ1n) is 6.94. The number of rotatable bonds is 2. The van der Waals surface area contributed by atoms with Crippen LogP contribution in [0.4, 0.5) is 8.78 Å². The molecule has 0 saturated carbocycles. The Bertz CT molecular complexity index is 553. The zero-order chi connectivity index (χ0) is 15.6. The van der Waals surface area contributed by atoms with Crippen LogP contribution in [0.2, 0.25) is 0 Å². The molecule has 1 aromatic rings. The maximum absolute atomic E-state index is 13.6. The summed E-state index contributed by atoms with van der Waals surface area (Å²) >= 11 is 0. The first-order valence-corrected chi connectivity index (χ1v) is 6.94. The minimum atomic E-state index is -1.12. The average Bonchev–Trinajstić information content (AvgIpc) is 2.48. The number of carbonyl (C=O) groups excluding carboxylic acids is 2. The van der Waals surface area contributed by atoms with Crippen molar-refractivity contribution in [2.75, 3.05) is 26.2 Å². The highest BCUT2D eigenvalue weighted by Crippen LogP contribution is 2.15. The van der Waals surface area contributed by atoms with Crippen LogP contribution < -0.4 is 0 Å². The molecule has 0 atom stereocenters.